The average molecular weight is 483 g/mol. The van der Waals surface area contributed by atoms with Gasteiger partial charge in [-0.1, -0.05) is 20.8 Å². The fourth-order valence-electron chi connectivity index (χ4n) is 4.92. The first kappa shape index (κ1) is 24.2. The fraction of sp³-hybridized carbons (Fsp3) is 0.652. The maximum atomic E-state index is 14.0. The molecule has 0 aromatic carbocycles. The number of aliphatic hydroxyl groups is 2. The third kappa shape index (κ3) is 4.57. The molecule has 3 atom stereocenters. The molecule has 2 unspecified atom stereocenters. The molecule has 4 rings (SSSR count). The monoisotopic (exact) mass is 482 g/mol. The minimum absolute atomic E-state index is 0.0378. The highest BCUT2D eigenvalue weighted by Gasteiger charge is 2.49. The molecule has 0 radical (unpaired) electrons. The zero-order chi connectivity index (χ0) is 24.0. The van der Waals surface area contributed by atoms with Crippen LogP contribution in [0.25, 0.3) is 0 Å². The SMILES string of the molecule is CC(C)[C@H](CO)Nc1nc(N2CCC(O)(C3(C)C=C(F)C=C(F)C3)CC2)nc2c1S(=O)CC2. The molecular weight excluding hydrogens is 450 g/mol. The van der Waals surface area contributed by atoms with Crippen molar-refractivity contribution in [1.29, 1.82) is 0 Å². The van der Waals surface area contributed by atoms with Crippen molar-refractivity contribution in [2.75, 3.05) is 35.7 Å². The lowest BCUT2D eigenvalue weighted by atomic mass is 9.65. The maximum absolute atomic E-state index is 14.0. The Morgan fingerprint density at radius 2 is 1.97 bits per heavy atom. The topological polar surface area (TPSA) is 98.6 Å². The van der Waals surface area contributed by atoms with Crippen LogP contribution in [0.4, 0.5) is 20.5 Å². The van der Waals surface area contributed by atoms with E-state index in [0.717, 1.165) is 11.8 Å². The molecule has 7 nitrogen and oxygen atoms in total. The molecular formula is C23H32F2N4O3S. The van der Waals surface area contributed by atoms with Crippen LogP contribution in [0.1, 0.15) is 45.7 Å². The van der Waals surface area contributed by atoms with Crippen molar-refractivity contribution >= 4 is 22.6 Å². The summed E-state index contributed by atoms with van der Waals surface area (Å²) in [6.45, 7) is 6.42. The standard InChI is InChI=1S/C23H32F2N4O3S/c1-14(2)18(13-30)26-20-19-17(4-9-33(19)32)27-21(28-20)29-7-5-23(31,6-8-29)22(3)11-15(24)10-16(25)12-22/h10-11,14,18,30-31H,4-9,12-13H2,1-3H3,(H,26,27,28)/t18-,22?,33?/m0/s1. The molecule has 0 saturated carbocycles. The second-order valence-corrected chi connectivity index (χ2v) is 11.4. The van der Waals surface area contributed by atoms with Crippen LogP contribution >= 0.6 is 0 Å². The maximum Gasteiger partial charge on any atom is 0.227 e. The first-order valence-corrected chi connectivity index (χ1v) is 12.8. The largest absolute Gasteiger partial charge is 0.394 e. The summed E-state index contributed by atoms with van der Waals surface area (Å²) in [5, 5.41) is 24.4. The molecule has 10 heteroatoms. The second kappa shape index (κ2) is 9.03. The van der Waals surface area contributed by atoms with Gasteiger partial charge in [-0.3, -0.25) is 4.21 Å². The minimum atomic E-state index is -1.26. The highest BCUT2D eigenvalue weighted by atomic mass is 32.2. The van der Waals surface area contributed by atoms with E-state index in [2.05, 4.69) is 15.3 Å². The summed E-state index contributed by atoms with van der Waals surface area (Å²) in [5.41, 5.74) is -1.56. The molecule has 3 aliphatic rings. The molecule has 1 fully saturated rings. The molecule has 2 aliphatic heterocycles. The molecule has 3 N–H and O–H groups in total. The van der Waals surface area contributed by atoms with Gasteiger partial charge in [0.1, 0.15) is 22.4 Å². The Labute approximate surface area is 195 Å². The van der Waals surface area contributed by atoms with E-state index in [1.165, 1.54) is 6.08 Å². The second-order valence-electron chi connectivity index (χ2n) is 9.86. The highest BCUT2D eigenvalue weighted by molar-refractivity contribution is 7.85. The van der Waals surface area contributed by atoms with Crippen LogP contribution in [-0.4, -0.2) is 61.5 Å². The van der Waals surface area contributed by atoms with Crippen LogP contribution < -0.4 is 10.2 Å². The molecule has 33 heavy (non-hydrogen) atoms. The summed E-state index contributed by atoms with van der Waals surface area (Å²) in [4.78, 5) is 11.9. The van der Waals surface area contributed by atoms with Crippen molar-refractivity contribution in [2.24, 2.45) is 11.3 Å². The van der Waals surface area contributed by atoms with Crippen LogP contribution in [0, 0.1) is 11.3 Å². The van der Waals surface area contributed by atoms with Crippen LogP contribution in [0.15, 0.2) is 28.7 Å². The lowest BCUT2D eigenvalue weighted by Crippen LogP contribution is -2.54. The Morgan fingerprint density at radius 1 is 1.27 bits per heavy atom. The van der Waals surface area contributed by atoms with Gasteiger partial charge in [-0.15, -0.1) is 0 Å². The van der Waals surface area contributed by atoms with E-state index in [0.29, 0.717) is 54.8 Å². The van der Waals surface area contributed by atoms with Gasteiger partial charge in [-0.2, -0.15) is 4.98 Å². The molecule has 3 heterocycles. The third-order valence-corrected chi connectivity index (χ3v) is 8.68. The zero-order valence-corrected chi connectivity index (χ0v) is 20.1. The summed E-state index contributed by atoms with van der Waals surface area (Å²) >= 11 is 0. The highest BCUT2D eigenvalue weighted by Crippen LogP contribution is 2.48. The van der Waals surface area contributed by atoms with Crippen LogP contribution in [0.5, 0.6) is 0 Å². The first-order valence-electron chi connectivity index (χ1n) is 11.4. The number of rotatable bonds is 6. The number of aryl methyl sites for hydroxylation is 1. The predicted octanol–water partition coefficient (Wildman–Crippen LogP) is 3.02. The number of nitrogens with zero attached hydrogens (tertiary/aromatic N) is 3. The number of anilines is 2. The van der Waals surface area contributed by atoms with Crippen molar-refractivity contribution < 1.29 is 23.2 Å². The Balaban J connectivity index is 1.57. The van der Waals surface area contributed by atoms with Gasteiger partial charge in [-0.25, -0.2) is 13.8 Å². The molecule has 0 bridgehead atoms. The van der Waals surface area contributed by atoms with Gasteiger partial charge in [-0.05, 0) is 24.8 Å². The summed E-state index contributed by atoms with van der Waals surface area (Å²) in [7, 11) is -1.19. The van der Waals surface area contributed by atoms with E-state index in [1.807, 2.05) is 18.7 Å². The van der Waals surface area contributed by atoms with Gasteiger partial charge >= 0.3 is 0 Å². The van der Waals surface area contributed by atoms with E-state index >= 15 is 0 Å². The number of halogens is 2. The molecule has 1 saturated heterocycles. The first-order chi connectivity index (χ1) is 15.5. The summed E-state index contributed by atoms with van der Waals surface area (Å²) in [6, 6.07) is -0.239. The van der Waals surface area contributed by atoms with Gasteiger partial charge in [0, 0.05) is 43.2 Å². The average Bonchev–Trinajstić information content (AvgIpc) is 3.12. The number of fused-ring (bicyclic) bond motifs is 1. The van der Waals surface area contributed by atoms with Gasteiger partial charge in [0.25, 0.3) is 0 Å². The molecule has 0 amide bonds. The Morgan fingerprint density at radius 3 is 2.58 bits per heavy atom. The number of hydrogen-bond acceptors (Lipinski definition) is 7. The van der Waals surface area contributed by atoms with Gasteiger partial charge in [0.2, 0.25) is 5.95 Å². The number of hydrogen-bond donors (Lipinski definition) is 3. The van der Waals surface area contributed by atoms with Gasteiger partial charge in [0.05, 0.1) is 34.7 Å². The lowest BCUT2D eigenvalue weighted by molar-refractivity contribution is -0.0728. The summed E-state index contributed by atoms with van der Waals surface area (Å²) < 4.78 is 40.5. The normalized spacial score (nSPS) is 27.8. The van der Waals surface area contributed by atoms with Crippen molar-refractivity contribution in [2.45, 2.75) is 63.0 Å². The third-order valence-electron chi connectivity index (χ3n) is 7.22. The fourth-order valence-corrected chi connectivity index (χ4v) is 6.23. The number of nitrogens with one attached hydrogen (secondary N) is 1. The molecule has 1 aromatic heterocycles. The Hall–Kier alpha value is -1.91. The molecule has 1 aromatic rings. The summed E-state index contributed by atoms with van der Waals surface area (Å²) in [5.74, 6) is 0.357. The Kier molecular flexibility index (Phi) is 6.63. The van der Waals surface area contributed by atoms with Gasteiger partial charge < -0.3 is 20.4 Å². The molecule has 1 aliphatic carbocycles. The van der Waals surface area contributed by atoms with E-state index in [9.17, 15) is 23.2 Å². The number of piperidine rings is 1. The van der Waals surface area contributed by atoms with Crippen molar-refractivity contribution in [3.8, 4) is 0 Å². The van der Waals surface area contributed by atoms with E-state index < -0.39 is 33.5 Å². The minimum Gasteiger partial charge on any atom is -0.394 e. The van der Waals surface area contributed by atoms with Crippen molar-refractivity contribution in [3.63, 3.8) is 0 Å². The quantitative estimate of drug-likeness (QED) is 0.573. The van der Waals surface area contributed by atoms with Crippen LogP contribution in [-0.2, 0) is 17.2 Å². The van der Waals surface area contributed by atoms with Crippen LogP contribution in [0.2, 0.25) is 0 Å². The molecule has 182 valence electrons. The van der Waals surface area contributed by atoms with Crippen molar-refractivity contribution in [3.05, 3.63) is 29.5 Å². The van der Waals surface area contributed by atoms with E-state index in [-0.39, 0.29) is 25.0 Å². The molecule has 0 spiro atoms. The van der Waals surface area contributed by atoms with Crippen molar-refractivity contribution in [1.82, 2.24) is 9.97 Å². The zero-order valence-electron chi connectivity index (χ0n) is 19.3. The lowest BCUT2D eigenvalue weighted by Gasteiger charge is -2.48. The number of allylic oxidation sites excluding steroid dienone is 3. The van der Waals surface area contributed by atoms with E-state index in [4.69, 9.17) is 0 Å². The predicted molar refractivity (Wildman–Crippen MR) is 124 cm³/mol. The number of aliphatic hydroxyl groups excluding tert-OH is 1. The smallest absolute Gasteiger partial charge is 0.227 e. The van der Waals surface area contributed by atoms with Crippen LogP contribution in [0.3, 0.4) is 0 Å². The van der Waals surface area contributed by atoms with E-state index in [1.54, 1.807) is 6.92 Å². The Bertz CT molecular complexity index is 1010. The number of aromatic nitrogens is 2. The van der Waals surface area contributed by atoms with Gasteiger partial charge in [0.15, 0.2) is 0 Å². The summed E-state index contributed by atoms with van der Waals surface area (Å²) in [6.07, 6.45) is 3.36.